The third kappa shape index (κ3) is 6.32. The second kappa shape index (κ2) is 10.2. The number of carbonyl (C=O) groups excluding carboxylic acids is 1. The minimum absolute atomic E-state index is 0.142. The Morgan fingerprint density at radius 2 is 1.70 bits per heavy atom. The Bertz CT molecular complexity index is 571. The highest BCUT2D eigenvalue weighted by Crippen LogP contribution is 2.23. The summed E-state index contributed by atoms with van der Waals surface area (Å²) < 4.78 is 5.32. The molecule has 2 aliphatic heterocycles. The fraction of sp³-hybridized carbons (Fsp3) is 0.696. The Hall–Kier alpha value is -1.39. The Morgan fingerprint density at radius 1 is 1.07 bits per heavy atom. The van der Waals surface area contributed by atoms with Gasteiger partial charge in [-0.25, -0.2) is 0 Å². The monoisotopic (exact) mass is 372 g/mol. The molecule has 0 spiro atoms. The van der Waals surface area contributed by atoms with Gasteiger partial charge in [0.25, 0.3) is 0 Å². The zero-order chi connectivity index (χ0) is 19.1. The van der Waals surface area contributed by atoms with Crippen LogP contribution in [0.5, 0.6) is 0 Å². The summed E-state index contributed by atoms with van der Waals surface area (Å²) in [5.74, 6) is 1.16. The van der Waals surface area contributed by atoms with Crippen molar-refractivity contribution in [3.05, 3.63) is 35.4 Å². The van der Waals surface area contributed by atoms with Crippen LogP contribution in [0.3, 0.4) is 0 Å². The summed E-state index contributed by atoms with van der Waals surface area (Å²) >= 11 is 0. The van der Waals surface area contributed by atoms with Crippen LogP contribution in [0.15, 0.2) is 24.3 Å². The van der Waals surface area contributed by atoms with Crippen LogP contribution in [-0.4, -0.2) is 49.7 Å². The molecule has 1 N–H and O–H groups in total. The van der Waals surface area contributed by atoms with E-state index in [9.17, 15) is 4.79 Å². The molecule has 0 atom stereocenters. The molecule has 4 nitrogen and oxygen atoms in total. The fourth-order valence-corrected chi connectivity index (χ4v) is 4.28. The molecule has 0 saturated carbocycles. The van der Waals surface area contributed by atoms with Gasteiger partial charge < -0.3 is 15.0 Å². The van der Waals surface area contributed by atoms with E-state index in [2.05, 4.69) is 48.3 Å². The van der Waals surface area contributed by atoms with Crippen molar-refractivity contribution >= 4 is 5.91 Å². The van der Waals surface area contributed by atoms with Gasteiger partial charge in [-0.15, -0.1) is 0 Å². The summed E-state index contributed by atoms with van der Waals surface area (Å²) in [6, 6.07) is 9.71. The van der Waals surface area contributed by atoms with Gasteiger partial charge in [0.05, 0.1) is 0 Å². The third-order valence-corrected chi connectivity index (χ3v) is 6.23. The number of hydrogen-bond acceptors (Lipinski definition) is 3. The van der Waals surface area contributed by atoms with E-state index in [1.54, 1.807) is 0 Å². The van der Waals surface area contributed by atoms with Gasteiger partial charge in [0.15, 0.2) is 0 Å². The second-order valence-corrected chi connectivity index (χ2v) is 8.52. The Morgan fingerprint density at radius 3 is 2.33 bits per heavy atom. The summed E-state index contributed by atoms with van der Waals surface area (Å²) in [5, 5.41) is 3.10. The largest absolute Gasteiger partial charge is 0.381 e. The van der Waals surface area contributed by atoms with Crippen molar-refractivity contribution in [1.29, 1.82) is 0 Å². The van der Waals surface area contributed by atoms with Crippen LogP contribution in [0.2, 0.25) is 0 Å². The lowest BCUT2D eigenvalue weighted by molar-refractivity contribution is -0.127. The molecule has 0 bridgehead atoms. The van der Waals surface area contributed by atoms with Gasteiger partial charge in [0.2, 0.25) is 5.91 Å². The molecule has 2 fully saturated rings. The van der Waals surface area contributed by atoms with E-state index in [0.717, 1.165) is 44.9 Å². The van der Waals surface area contributed by atoms with Gasteiger partial charge in [-0.1, -0.05) is 24.3 Å². The SMILES string of the molecule is CC(C)N1CCC(Cc2ccc(CCNC(=O)C3CCOCC3)cc2)CC1. The van der Waals surface area contributed by atoms with Gasteiger partial charge >= 0.3 is 0 Å². The molecule has 0 aromatic heterocycles. The quantitative estimate of drug-likeness (QED) is 0.797. The minimum Gasteiger partial charge on any atom is -0.381 e. The van der Waals surface area contributed by atoms with Crippen molar-refractivity contribution in [3.63, 3.8) is 0 Å². The first-order valence-corrected chi connectivity index (χ1v) is 10.8. The lowest BCUT2D eigenvalue weighted by atomic mass is 9.89. The van der Waals surface area contributed by atoms with Crippen molar-refractivity contribution in [2.75, 3.05) is 32.8 Å². The van der Waals surface area contributed by atoms with Gasteiger partial charge in [0, 0.05) is 31.7 Å². The molecule has 4 heteroatoms. The normalized spacial score (nSPS) is 20.1. The van der Waals surface area contributed by atoms with Crippen molar-refractivity contribution in [2.24, 2.45) is 11.8 Å². The zero-order valence-electron chi connectivity index (χ0n) is 17.1. The number of benzene rings is 1. The summed E-state index contributed by atoms with van der Waals surface area (Å²) in [7, 11) is 0. The van der Waals surface area contributed by atoms with E-state index in [4.69, 9.17) is 4.74 Å². The van der Waals surface area contributed by atoms with Crippen LogP contribution >= 0.6 is 0 Å². The fourth-order valence-electron chi connectivity index (χ4n) is 4.28. The maximum absolute atomic E-state index is 12.2. The van der Waals surface area contributed by atoms with E-state index in [1.807, 2.05) is 0 Å². The molecule has 27 heavy (non-hydrogen) atoms. The zero-order valence-corrected chi connectivity index (χ0v) is 17.1. The number of piperidine rings is 1. The van der Waals surface area contributed by atoms with Crippen molar-refractivity contribution in [1.82, 2.24) is 10.2 Å². The van der Waals surface area contributed by atoms with Crippen LogP contribution in [0.25, 0.3) is 0 Å². The molecule has 2 heterocycles. The molecule has 150 valence electrons. The molecular weight excluding hydrogens is 336 g/mol. The Kier molecular flexibility index (Phi) is 7.71. The molecule has 1 amide bonds. The maximum Gasteiger partial charge on any atom is 0.223 e. The molecule has 0 aliphatic carbocycles. The number of likely N-dealkylation sites (tertiary alicyclic amines) is 1. The molecule has 0 unspecified atom stereocenters. The Labute approximate surface area is 164 Å². The number of nitrogens with one attached hydrogen (secondary N) is 1. The molecule has 2 saturated heterocycles. The number of rotatable bonds is 7. The Balaban J connectivity index is 1.37. The standard InChI is InChI=1S/C23H36N2O2/c1-18(2)25-13-8-21(9-14-25)17-20-5-3-19(4-6-20)7-12-24-23(26)22-10-15-27-16-11-22/h3-6,18,21-22H,7-17H2,1-2H3,(H,24,26). The third-order valence-electron chi connectivity index (χ3n) is 6.23. The van der Waals surface area contributed by atoms with Crippen LogP contribution in [-0.2, 0) is 22.4 Å². The maximum atomic E-state index is 12.2. The average molecular weight is 373 g/mol. The molecule has 1 aromatic carbocycles. The van der Waals surface area contributed by atoms with Gasteiger partial charge in [0.1, 0.15) is 0 Å². The molecular formula is C23H36N2O2. The summed E-state index contributed by atoms with van der Waals surface area (Å²) in [6.45, 7) is 9.24. The first kappa shape index (κ1) is 20.3. The van der Waals surface area contributed by atoms with E-state index >= 15 is 0 Å². The van der Waals surface area contributed by atoms with Crippen molar-refractivity contribution in [2.45, 2.75) is 58.4 Å². The van der Waals surface area contributed by atoms with Crippen LogP contribution in [0.1, 0.15) is 50.7 Å². The number of carbonyl (C=O) groups is 1. The molecule has 3 rings (SSSR count). The minimum atomic E-state index is 0.142. The lowest BCUT2D eigenvalue weighted by Gasteiger charge is -2.34. The highest BCUT2D eigenvalue weighted by atomic mass is 16.5. The summed E-state index contributed by atoms with van der Waals surface area (Å²) in [4.78, 5) is 14.8. The molecule has 2 aliphatic rings. The smallest absolute Gasteiger partial charge is 0.223 e. The predicted octanol–water partition coefficient (Wildman–Crippen LogP) is 3.43. The highest BCUT2D eigenvalue weighted by molar-refractivity contribution is 5.78. The molecule has 0 radical (unpaired) electrons. The lowest BCUT2D eigenvalue weighted by Crippen LogP contribution is -2.38. The summed E-state index contributed by atoms with van der Waals surface area (Å²) in [5.41, 5.74) is 2.76. The van der Waals surface area contributed by atoms with Crippen LogP contribution < -0.4 is 5.32 Å². The van der Waals surface area contributed by atoms with Gasteiger partial charge in [-0.3, -0.25) is 4.79 Å². The number of nitrogens with zero attached hydrogens (tertiary/aromatic N) is 1. The van der Waals surface area contributed by atoms with Crippen molar-refractivity contribution in [3.8, 4) is 0 Å². The van der Waals surface area contributed by atoms with Crippen molar-refractivity contribution < 1.29 is 9.53 Å². The van der Waals surface area contributed by atoms with E-state index in [0.29, 0.717) is 6.04 Å². The number of amides is 1. The van der Waals surface area contributed by atoms with E-state index in [1.165, 1.54) is 43.5 Å². The molecule has 1 aromatic rings. The average Bonchev–Trinajstić information content (AvgIpc) is 2.70. The van der Waals surface area contributed by atoms with Gasteiger partial charge in [-0.2, -0.15) is 0 Å². The summed E-state index contributed by atoms with van der Waals surface area (Å²) in [6.07, 6.45) is 6.46. The first-order valence-electron chi connectivity index (χ1n) is 10.8. The van der Waals surface area contributed by atoms with E-state index in [-0.39, 0.29) is 11.8 Å². The first-order chi connectivity index (χ1) is 13.1. The second-order valence-electron chi connectivity index (χ2n) is 8.52. The van der Waals surface area contributed by atoms with E-state index < -0.39 is 0 Å². The van der Waals surface area contributed by atoms with Gasteiger partial charge in [-0.05, 0) is 82.5 Å². The van der Waals surface area contributed by atoms with Crippen LogP contribution in [0.4, 0.5) is 0 Å². The van der Waals surface area contributed by atoms with Crippen LogP contribution in [0, 0.1) is 11.8 Å². The highest BCUT2D eigenvalue weighted by Gasteiger charge is 2.22. The predicted molar refractivity (Wildman–Crippen MR) is 110 cm³/mol. The number of ether oxygens (including phenoxy) is 1. The number of hydrogen-bond donors (Lipinski definition) is 1. The topological polar surface area (TPSA) is 41.6 Å².